The van der Waals surface area contributed by atoms with Gasteiger partial charge in [0.2, 0.25) is 0 Å². The molecule has 0 radical (unpaired) electrons. The van der Waals surface area contributed by atoms with E-state index < -0.39 is 36.4 Å². The second-order valence-electron chi connectivity index (χ2n) is 3.61. The highest BCUT2D eigenvalue weighted by molar-refractivity contribution is 6.01. The largest absolute Gasteiger partial charge is 0.481 e. The van der Waals surface area contributed by atoms with Crippen molar-refractivity contribution < 1.29 is 44.7 Å². The van der Waals surface area contributed by atoms with Gasteiger partial charge in [-0.15, -0.1) is 12.4 Å². The first-order valence-corrected chi connectivity index (χ1v) is 5.35. The molecule has 1 unspecified atom stereocenters. The van der Waals surface area contributed by atoms with Crippen molar-refractivity contribution in [2.45, 2.75) is 12.5 Å². The third-order valence-corrected chi connectivity index (χ3v) is 2.04. The van der Waals surface area contributed by atoms with Crippen LogP contribution in [0.15, 0.2) is 24.3 Å². The summed E-state index contributed by atoms with van der Waals surface area (Å²) in [5.41, 5.74) is -0.380. The minimum absolute atomic E-state index is 0. The number of aliphatic hydroxyl groups excluding tert-OH is 1. The van der Waals surface area contributed by atoms with E-state index in [1.807, 2.05) is 0 Å². The van der Waals surface area contributed by atoms with E-state index in [9.17, 15) is 19.2 Å². The van der Waals surface area contributed by atoms with E-state index in [0.717, 1.165) is 0 Å². The minimum Gasteiger partial charge on any atom is -0.481 e. The van der Waals surface area contributed by atoms with Gasteiger partial charge in [-0.2, -0.15) is 0 Å². The number of aliphatic hydroxyl groups is 1. The summed E-state index contributed by atoms with van der Waals surface area (Å²) in [5, 5.41) is 41.2. The zero-order valence-electron chi connectivity index (χ0n) is 10.9. The van der Waals surface area contributed by atoms with Crippen molar-refractivity contribution in [1.29, 1.82) is 0 Å². The van der Waals surface area contributed by atoms with Gasteiger partial charge in [0.1, 0.15) is 0 Å². The summed E-state index contributed by atoms with van der Waals surface area (Å²) < 4.78 is 0. The van der Waals surface area contributed by atoms with E-state index in [1.54, 1.807) is 0 Å². The highest BCUT2D eigenvalue weighted by atomic mass is 35.5. The fourth-order valence-corrected chi connectivity index (χ4v) is 1.11. The molecule has 1 aromatic carbocycles. The lowest BCUT2D eigenvalue weighted by atomic mass is 10.1. The number of carboxylic acids is 4. The topological polar surface area (TPSA) is 169 Å². The third-order valence-electron chi connectivity index (χ3n) is 2.04. The Morgan fingerprint density at radius 2 is 1.17 bits per heavy atom. The van der Waals surface area contributed by atoms with E-state index in [2.05, 4.69) is 0 Å². The molecular formula is C12H17ClMg2O9. The Balaban J connectivity index is -0.000000153. The molecule has 0 aliphatic heterocycles. The summed E-state index contributed by atoms with van der Waals surface area (Å²) in [6, 6.07) is 5.48. The molecule has 12 heteroatoms. The fraction of sp³-hybridized carbons (Fsp3) is 0.167. The van der Waals surface area contributed by atoms with Gasteiger partial charge in [0, 0.05) is 0 Å². The smallest absolute Gasteiger partial charge is 0.336 e. The van der Waals surface area contributed by atoms with E-state index in [0.29, 0.717) is 0 Å². The molecule has 0 heterocycles. The summed E-state index contributed by atoms with van der Waals surface area (Å²) in [7, 11) is 0. The molecule has 0 spiro atoms. The van der Waals surface area contributed by atoms with Crippen LogP contribution in [0.25, 0.3) is 0 Å². The lowest BCUT2D eigenvalue weighted by molar-refractivity contribution is -0.152. The molecule has 0 saturated heterocycles. The average molecular weight is 389 g/mol. The third kappa shape index (κ3) is 12.3. The zero-order chi connectivity index (χ0) is 16.6. The Morgan fingerprint density at radius 1 is 0.833 bits per heavy atom. The van der Waals surface area contributed by atoms with Crippen molar-refractivity contribution in [2.75, 3.05) is 0 Å². The average Bonchev–Trinajstić information content (AvgIpc) is 2.38. The van der Waals surface area contributed by atoms with E-state index in [-0.39, 0.29) is 69.6 Å². The molecule has 0 aliphatic rings. The molecule has 9 nitrogen and oxygen atoms in total. The normalized spacial score (nSPS) is 9.38. The predicted molar refractivity (Wildman–Crippen MR) is 90.6 cm³/mol. The van der Waals surface area contributed by atoms with Gasteiger partial charge in [-0.25, -0.2) is 14.4 Å². The summed E-state index contributed by atoms with van der Waals surface area (Å²) in [6.45, 7) is 0. The summed E-state index contributed by atoms with van der Waals surface area (Å²) in [5.74, 6) is -5.30. The molecule has 0 fully saturated rings. The highest BCUT2D eigenvalue weighted by Gasteiger charge is 2.16. The molecule has 130 valence electrons. The van der Waals surface area contributed by atoms with Crippen molar-refractivity contribution in [1.82, 2.24) is 0 Å². The monoisotopic (exact) mass is 388 g/mol. The Bertz CT molecular complexity index is 532. The van der Waals surface area contributed by atoms with Gasteiger partial charge in [0.15, 0.2) is 6.10 Å². The first-order chi connectivity index (χ1) is 9.66. The van der Waals surface area contributed by atoms with Gasteiger partial charge >= 0.3 is 70.0 Å². The SMILES string of the molecule is Cl.O=C(O)CC(O)C(=O)O.O=C(O)c1ccccc1C(=O)O.[MgH2].[MgH2]. The number of aromatic carboxylic acids is 2. The Morgan fingerprint density at radius 3 is 1.33 bits per heavy atom. The van der Waals surface area contributed by atoms with Crippen molar-refractivity contribution >= 4 is 82.4 Å². The van der Waals surface area contributed by atoms with Crippen LogP contribution in [-0.4, -0.2) is 102 Å². The Kier molecular flexibility index (Phi) is 19.7. The van der Waals surface area contributed by atoms with Crippen LogP contribution in [0.5, 0.6) is 0 Å². The molecule has 1 rings (SSSR count). The first kappa shape index (κ1) is 30.7. The molecule has 5 N–H and O–H groups in total. The second-order valence-corrected chi connectivity index (χ2v) is 3.61. The van der Waals surface area contributed by atoms with Crippen LogP contribution in [0.1, 0.15) is 27.1 Å². The van der Waals surface area contributed by atoms with Gasteiger partial charge in [-0.05, 0) is 12.1 Å². The van der Waals surface area contributed by atoms with Crippen LogP contribution >= 0.6 is 12.4 Å². The lowest BCUT2D eigenvalue weighted by Gasteiger charge is -1.98. The maximum absolute atomic E-state index is 10.5. The second kappa shape index (κ2) is 15.4. The number of carboxylic acid groups (broad SMARTS) is 4. The maximum atomic E-state index is 10.5. The molecule has 0 bridgehead atoms. The highest BCUT2D eigenvalue weighted by Crippen LogP contribution is 2.07. The van der Waals surface area contributed by atoms with Crippen LogP contribution in [0, 0.1) is 0 Å². The maximum Gasteiger partial charge on any atom is 0.336 e. The number of benzene rings is 1. The first-order valence-electron chi connectivity index (χ1n) is 5.35. The fourth-order valence-electron chi connectivity index (χ4n) is 1.11. The van der Waals surface area contributed by atoms with Crippen molar-refractivity contribution in [3.05, 3.63) is 35.4 Å². The summed E-state index contributed by atoms with van der Waals surface area (Å²) >= 11 is 0. The lowest BCUT2D eigenvalue weighted by Crippen LogP contribution is -2.22. The number of aliphatic carboxylic acids is 2. The zero-order valence-corrected chi connectivity index (χ0v) is 11.7. The van der Waals surface area contributed by atoms with Crippen molar-refractivity contribution in [2.24, 2.45) is 0 Å². The molecule has 1 atom stereocenters. The van der Waals surface area contributed by atoms with Crippen LogP contribution in [0.3, 0.4) is 0 Å². The van der Waals surface area contributed by atoms with Crippen LogP contribution < -0.4 is 0 Å². The van der Waals surface area contributed by atoms with Gasteiger partial charge in [-0.1, -0.05) is 12.1 Å². The predicted octanol–water partition coefficient (Wildman–Crippen LogP) is -1.42. The standard InChI is InChI=1S/C8H6O4.C4H6O5.ClH.2Mg.4H/c9-7(10)5-3-1-2-4-6(5)8(11)12;5-2(4(8)9)1-3(6)7;;;;;;;/h1-4H,(H,9,10)(H,11,12);2,5H,1H2,(H,6,7)(H,8,9);1H;;;;;;. The van der Waals surface area contributed by atoms with E-state index in [1.165, 1.54) is 24.3 Å². The van der Waals surface area contributed by atoms with Crippen LogP contribution in [-0.2, 0) is 9.59 Å². The van der Waals surface area contributed by atoms with Gasteiger partial charge in [0.25, 0.3) is 0 Å². The number of hydrogen-bond donors (Lipinski definition) is 5. The molecule has 0 amide bonds. The Labute approximate surface area is 174 Å². The molecule has 24 heavy (non-hydrogen) atoms. The number of hydrogen-bond acceptors (Lipinski definition) is 5. The van der Waals surface area contributed by atoms with Crippen molar-refractivity contribution in [3.8, 4) is 0 Å². The van der Waals surface area contributed by atoms with Gasteiger partial charge < -0.3 is 25.5 Å². The molecule has 0 aliphatic carbocycles. The molecule has 0 aromatic heterocycles. The van der Waals surface area contributed by atoms with Crippen LogP contribution in [0.2, 0.25) is 0 Å². The van der Waals surface area contributed by atoms with E-state index in [4.69, 9.17) is 25.5 Å². The number of carbonyl (C=O) groups is 4. The summed E-state index contributed by atoms with van der Waals surface area (Å²) in [6.07, 6.45) is -2.54. The van der Waals surface area contributed by atoms with Crippen LogP contribution in [0.4, 0.5) is 0 Å². The Hall–Kier alpha value is -1.12. The van der Waals surface area contributed by atoms with E-state index >= 15 is 0 Å². The van der Waals surface area contributed by atoms with Crippen molar-refractivity contribution in [3.63, 3.8) is 0 Å². The minimum atomic E-state index is -1.79. The molecular weight excluding hydrogens is 372 g/mol. The molecule has 0 saturated carbocycles. The number of rotatable bonds is 5. The summed E-state index contributed by atoms with van der Waals surface area (Å²) in [4.78, 5) is 40.3. The molecule has 1 aromatic rings. The van der Waals surface area contributed by atoms with Gasteiger partial charge in [0.05, 0.1) is 17.5 Å². The number of halogens is 1. The van der Waals surface area contributed by atoms with Gasteiger partial charge in [-0.3, -0.25) is 4.79 Å². The quantitative estimate of drug-likeness (QED) is 0.379.